The molecular formula is C27H27ClO4S. The first-order valence-corrected chi connectivity index (χ1v) is 12.6. The molecule has 0 saturated carbocycles. The first-order valence-electron chi connectivity index (χ1n) is 11.3. The van der Waals surface area contributed by atoms with Gasteiger partial charge in [-0.3, -0.25) is 4.79 Å². The van der Waals surface area contributed by atoms with E-state index in [1.807, 2.05) is 36.4 Å². The van der Waals surface area contributed by atoms with E-state index in [2.05, 4.69) is 13.0 Å². The van der Waals surface area contributed by atoms with Crippen molar-refractivity contribution in [2.75, 3.05) is 5.75 Å². The molecule has 0 saturated heterocycles. The molecule has 0 spiro atoms. The van der Waals surface area contributed by atoms with Crippen LogP contribution in [-0.2, 0) is 11.2 Å². The van der Waals surface area contributed by atoms with Gasteiger partial charge in [0.1, 0.15) is 16.9 Å². The normalized spacial score (nSPS) is 12.4. The van der Waals surface area contributed by atoms with Gasteiger partial charge < -0.3 is 14.3 Å². The van der Waals surface area contributed by atoms with Crippen LogP contribution in [0.15, 0.2) is 63.9 Å². The number of aliphatic hydroxyl groups excluding tert-OH is 1. The fourth-order valence-corrected chi connectivity index (χ4v) is 5.29. The monoisotopic (exact) mass is 482 g/mol. The zero-order valence-electron chi connectivity index (χ0n) is 18.8. The summed E-state index contributed by atoms with van der Waals surface area (Å²) >= 11 is 7.96. The van der Waals surface area contributed by atoms with Crippen molar-refractivity contribution < 1.29 is 19.1 Å². The van der Waals surface area contributed by atoms with Crippen molar-refractivity contribution in [2.45, 2.75) is 50.5 Å². The molecule has 1 aromatic heterocycles. The van der Waals surface area contributed by atoms with Crippen LogP contribution in [0.5, 0.6) is 5.75 Å². The highest BCUT2D eigenvalue weighted by molar-refractivity contribution is 7.99. The number of carbonyl (C=O) groups excluding carboxylic acids is 1. The number of hydrogen-bond donors (Lipinski definition) is 1. The fourth-order valence-electron chi connectivity index (χ4n) is 4.04. The number of thioether (sulfide) groups is 1. The second-order valence-electron chi connectivity index (χ2n) is 7.93. The number of furan rings is 1. The van der Waals surface area contributed by atoms with Crippen LogP contribution >= 0.6 is 23.4 Å². The third kappa shape index (κ3) is 5.21. The van der Waals surface area contributed by atoms with Crippen LogP contribution in [-0.4, -0.2) is 16.8 Å². The highest BCUT2D eigenvalue weighted by Gasteiger charge is 2.19. The Balaban J connectivity index is 1.50. The lowest BCUT2D eigenvalue weighted by Gasteiger charge is -2.17. The molecular weight excluding hydrogens is 456 g/mol. The predicted octanol–water partition coefficient (Wildman–Crippen LogP) is 7.72. The van der Waals surface area contributed by atoms with Gasteiger partial charge in [-0.15, -0.1) is 11.8 Å². The van der Waals surface area contributed by atoms with E-state index in [9.17, 15) is 9.90 Å². The molecule has 1 N–H and O–H groups in total. The molecule has 0 aliphatic rings. The fraction of sp³-hybridized carbons (Fsp3) is 0.296. The number of carbonyl (C=O) groups is 1. The molecule has 3 aromatic carbocycles. The summed E-state index contributed by atoms with van der Waals surface area (Å²) in [4.78, 5) is 12.4. The molecule has 4 nitrogen and oxygen atoms in total. The maximum atomic E-state index is 11.5. The number of fused-ring (bicyclic) bond motifs is 3. The highest BCUT2D eigenvalue weighted by Crippen LogP contribution is 2.37. The molecule has 1 atom stereocenters. The zero-order valence-corrected chi connectivity index (χ0v) is 20.3. The van der Waals surface area contributed by atoms with Crippen LogP contribution in [0.4, 0.5) is 0 Å². The highest BCUT2D eigenvalue weighted by atomic mass is 35.5. The summed E-state index contributed by atoms with van der Waals surface area (Å²) in [7, 11) is 0. The van der Waals surface area contributed by atoms with Gasteiger partial charge >= 0.3 is 5.97 Å². The van der Waals surface area contributed by atoms with E-state index < -0.39 is 6.10 Å². The number of aryl methyl sites for hydroxylation is 1. The van der Waals surface area contributed by atoms with Crippen LogP contribution in [0.2, 0.25) is 5.02 Å². The van der Waals surface area contributed by atoms with Gasteiger partial charge in [0.2, 0.25) is 0 Å². The largest absolute Gasteiger partial charge is 0.456 e. The van der Waals surface area contributed by atoms with E-state index in [1.54, 1.807) is 30.8 Å². The lowest BCUT2D eigenvalue weighted by molar-refractivity contribution is -0.134. The quantitative estimate of drug-likeness (QED) is 0.150. The van der Waals surface area contributed by atoms with Crippen LogP contribution in [0.3, 0.4) is 0 Å². The van der Waals surface area contributed by atoms with Crippen LogP contribution < -0.4 is 4.74 Å². The molecule has 0 bridgehead atoms. The van der Waals surface area contributed by atoms with E-state index in [0.717, 1.165) is 50.8 Å². The Hall–Kier alpha value is -2.47. The average Bonchev–Trinajstić information content (AvgIpc) is 3.19. The first-order chi connectivity index (χ1) is 16.0. The summed E-state index contributed by atoms with van der Waals surface area (Å²) in [5.74, 6) is 0.853. The second-order valence-corrected chi connectivity index (χ2v) is 9.47. The molecule has 0 aliphatic carbocycles. The molecule has 1 heterocycles. The molecule has 0 amide bonds. The molecule has 6 heteroatoms. The maximum Gasteiger partial charge on any atom is 0.310 e. The number of hydrogen-bond acceptors (Lipinski definition) is 5. The molecule has 0 radical (unpaired) electrons. The Kier molecular flexibility index (Phi) is 7.63. The first kappa shape index (κ1) is 23.7. The Labute approximate surface area is 202 Å². The third-order valence-electron chi connectivity index (χ3n) is 5.62. The molecule has 0 fully saturated rings. The van der Waals surface area contributed by atoms with E-state index in [0.29, 0.717) is 29.4 Å². The van der Waals surface area contributed by atoms with Crippen molar-refractivity contribution in [3.63, 3.8) is 0 Å². The number of esters is 1. The van der Waals surface area contributed by atoms with Gasteiger partial charge in [0.15, 0.2) is 0 Å². The van der Waals surface area contributed by atoms with E-state index >= 15 is 0 Å². The molecule has 172 valence electrons. The number of benzene rings is 3. The second kappa shape index (κ2) is 10.6. The van der Waals surface area contributed by atoms with Crippen molar-refractivity contribution in [3.8, 4) is 5.75 Å². The summed E-state index contributed by atoms with van der Waals surface area (Å²) in [6.45, 7) is 3.90. The Morgan fingerprint density at radius 1 is 1.12 bits per heavy atom. The van der Waals surface area contributed by atoms with Gasteiger partial charge in [-0.25, -0.2) is 0 Å². The lowest BCUT2D eigenvalue weighted by atomic mass is 9.93. The Morgan fingerprint density at radius 2 is 1.94 bits per heavy atom. The molecule has 4 rings (SSSR count). The van der Waals surface area contributed by atoms with Gasteiger partial charge in [-0.2, -0.15) is 0 Å². The Bertz CT molecular complexity index is 1280. The molecule has 4 aromatic rings. The van der Waals surface area contributed by atoms with Gasteiger partial charge in [-0.1, -0.05) is 56.1 Å². The minimum atomic E-state index is -0.583. The van der Waals surface area contributed by atoms with Crippen molar-refractivity contribution >= 4 is 51.3 Å². The number of para-hydroxylation sites is 1. The van der Waals surface area contributed by atoms with Crippen LogP contribution in [0.25, 0.3) is 21.9 Å². The lowest BCUT2D eigenvalue weighted by Crippen LogP contribution is -2.05. The predicted molar refractivity (Wildman–Crippen MR) is 135 cm³/mol. The standard InChI is InChI=1S/C27H27ClO4S/c1-3-7-19-18(11-12-24-27(19)20-8-5-6-9-23(20)32-24)22(29)14-15-33-25-13-10-17(16-21(25)28)31-26(30)4-2/h5-6,8-13,16,22,29H,3-4,7,14-15H2,1-2H3. The molecule has 1 unspecified atom stereocenters. The SMILES string of the molecule is CCCc1c(C(O)CCSc2ccc(OC(=O)CC)cc2Cl)ccc2oc3ccccc3c12. The van der Waals surface area contributed by atoms with Crippen molar-refractivity contribution in [1.29, 1.82) is 0 Å². The summed E-state index contributed by atoms with van der Waals surface area (Å²) in [6, 6.07) is 17.3. The number of rotatable bonds is 9. The summed E-state index contributed by atoms with van der Waals surface area (Å²) in [5, 5.41) is 13.8. The smallest absolute Gasteiger partial charge is 0.310 e. The topological polar surface area (TPSA) is 59.7 Å². The van der Waals surface area contributed by atoms with Crippen molar-refractivity contribution in [3.05, 3.63) is 70.7 Å². The number of aliphatic hydroxyl groups is 1. The summed E-state index contributed by atoms with van der Waals surface area (Å²) < 4.78 is 11.3. The van der Waals surface area contributed by atoms with Gasteiger partial charge in [-0.05, 0) is 48.2 Å². The van der Waals surface area contributed by atoms with E-state index in [-0.39, 0.29) is 5.97 Å². The van der Waals surface area contributed by atoms with Gasteiger partial charge in [0, 0.05) is 33.9 Å². The van der Waals surface area contributed by atoms with Crippen LogP contribution in [0, 0.1) is 0 Å². The summed E-state index contributed by atoms with van der Waals surface area (Å²) in [5.41, 5.74) is 3.86. The van der Waals surface area contributed by atoms with Gasteiger partial charge in [0.25, 0.3) is 0 Å². The minimum Gasteiger partial charge on any atom is -0.456 e. The van der Waals surface area contributed by atoms with Crippen molar-refractivity contribution in [1.82, 2.24) is 0 Å². The van der Waals surface area contributed by atoms with E-state index in [4.69, 9.17) is 20.8 Å². The third-order valence-corrected chi connectivity index (χ3v) is 7.15. The minimum absolute atomic E-state index is 0.292. The van der Waals surface area contributed by atoms with Crippen LogP contribution in [0.1, 0.15) is 50.3 Å². The van der Waals surface area contributed by atoms with E-state index in [1.165, 1.54) is 0 Å². The van der Waals surface area contributed by atoms with Crippen molar-refractivity contribution in [2.24, 2.45) is 0 Å². The van der Waals surface area contributed by atoms with Gasteiger partial charge in [0.05, 0.1) is 11.1 Å². The number of ether oxygens (including phenoxy) is 1. The summed E-state index contributed by atoms with van der Waals surface area (Å²) in [6.07, 6.45) is 2.18. The Morgan fingerprint density at radius 3 is 2.70 bits per heavy atom. The molecule has 33 heavy (non-hydrogen) atoms. The number of halogens is 1. The molecule has 0 aliphatic heterocycles. The zero-order chi connectivity index (χ0) is 23.4. The average molecular weight is 483 g/mol. The maximum absolute atomic E-state index is 11.5.